The summed E-state index contributed by atoms with van der Waals surface area (Å²) >= 11 is 0. The fourth-order valence-electron chi connectivity index (χ4n) is 6.74. The Kier molecular flexibility index (Phi) is 5.97. The summed E-state index contributed by atoms with van der Waals surface area (Å²) in [5, 5.41) is 0. The molecule has 0 N–H and O–H groups in total. The van der Waals surface area contributed by atoms with Crippen molar-refractivity contribution >= 4 is 46.3 Å². The Bertz CT molecular complexity index is 1790. The number of hydrogen-bond acceptors (Lipinski definition) is 2. The van der Waals surface area contributed by atoms with E-state index in [9.17, 15) is 0 Å². The van der Waals surface area contributed by atoms with Gasteiger partial charge in [-0.15, -0.1) is 0 Å². The molecule has 0 saturated carbocycles. The van der Waals surface area contributed by atoms with Gasteiger partial charge in [-0.05, 0) is 65.7 Å². The maximum absolute atomic E-state index is 2.42. The van der Waals surface area contributed by atoms with Crippen molar-refractivity contribution in [2.24, 2.45) is 5.92 Å². The predicted molar refractivity (Wildman–Crippen MR) is 177 cm³/mol. The van der Waals surface area contributed by atoms with Crippen LogP contribution in [0.1, 0.15) is 22.6 Å². The summed E-state index contributed by atoms with van der Waals surface area (Å²) in [6.45, 7) is 0. The summed E-state index contributed by atoms with van der Waals surface area (Å²) in [4.78, 5) is 4.83. The Morgan fingerprint density at radius 2 is 0.905 bits per heavy atom. The lowest BCUT2D eigenvalue weighted by Crippen LogP contribution is -2.24. The van der Waals surface area contributed by atoms with E-state index < -0.39 is 0 Å². The fourth-order valence-corrected chi connectivity index (χ4v) is 6.74. The standard InChI is InChI=1S/C40H30N2/c1-5-16-31(17-6-1)41(32-18-7-2-8-19-32)37-28-38(42(33-20-9-3-10-21-33)34-22-11-4-12-23-34)36-27-25-30-15-13-14-29-24-26-35(37)40(36)39(29)30/h1-29,39H. The van der Waals surface area contributed by atoms with E-state index in [1.807, 2.05) is 0 Å². The molecule has 42 heavy (non-hydrogen) atoms. The second kappa shape index (κ2) is 10.2. The van der Waals surface area contributed by atoms with E-state index >= 15 is 0 Å². The normalized spacial score (nSPS) is 17.4. The first-order valence-electron chi connectivity index (χ1n) is 14.6. The Balaban J connectivity index is 1.47. The molecular weight excluding hydrogens is 508 g/mol. The number of allylic oxidation sites excluding steroid dienone is 6. The number of rotatable bonds is 6. The highest BCUT2D eigenvalue weighted by atomic mass is 15.2. The minimum Gasteiger partial charge on any atom is -0.310 e. The van der Waals surface area contributed by atoms with Gasteiger partial charge in [0.15, 0.2) is 0 Å². The van der Waals surface area contributed by atoms with Crippen LogP contribution < -0.4 is 9.80 Å². The summed E-state index contributed by atoms with van der Waals surface area (Å²) in [5.74, 6) is 0.628. The Labute approximate surface area is 247 Å². The van der Waals surface area contributed by atoms with E-state index in [1.54, 1.807) is 0 Å². The zero-order valence-corrected chi connectivity index (χ0v) is 23.2. The molecule has 200 valence electrons. The highest BCUT2D eigenvalue weighted by Crippen LogP contribution is 2.55. The van der Waals surface area contributed by atoms with E-state index in [2.05, 4.69) is 180 Å². The van der Waals surface area contributed by atoms with E-state index in [4.69, 9.17) is 0 Å². The molecule has 0 aliphatic heterocycles. The molecule has 0 aromatic heterocycles. The highest BCUT2D eigenvalue weighted by molar-refractivity contribution is 5.95. The predicted octanol–water partition coefficient (Wildman–Crippen LogP) is 10.9. The van der Waals surface area contributed by atoms with Crippen LogP contribution in [0.4, 0.5) is 34.1 Å². The van der Waals surface area contributed by atoms with Crippen LogP contribution in [0.2, 0.25) is 0 Å². The third-order valence-electron chi connectivity index (χ3n) is 8.55. The molecule has 2 heteroatoms. The second-order valence-corrected chi connectivity index (χ2v) is 11.0. The van der Waals surface area contributed by atoms with E-state index in [-0.39, 0.29) is 5.92 Å². The molecular formula is C40H30N2. The van der Waals surface area contributed by atoms with Crippen LogP contribution in [0.3, 0.4) is 0 Å². The molecule has 0 saturated heterocycles. The van der Waals surface area contributed by atoms with Gasteiger partial charge in [-0.25, -0.2) is 0 Å². The van der Waals surface area contributed by atoms with Crippen LogP contribution in [-0.4, -0.2) is 0 Å². The third-order valence-corrected chi connectivity index (χ3v) is 8.55. The Morgan fingerprint density at radius 1 is 0.452 bits per heavy atom. The zero-order valence-electron chi connectivity index (χ0n) is 23.2. The van der Waals surface area contributed by atoms with Crippen molar-refractivity contribution in [2.45, 2.75) is 5.92 Å². The maximum Gasteiger partial charge on any atom is 0.0558 e. The molecule has 0 spiro atoms. The molecule has 0 fully saturated rings. The topological polar surface area (TPSA) is 6.48 Å². The van der Waals surface area contributed by atoms with Crippen molar-refractivity contribution in [3.63, 3.8) is 0 Å². The molecule has 2 nitrogen and oxygen atoms in total. The number of para-hydroxylation sites is 4. The minimum atomic E-state index is 0.287. The Morgan fingerprint density at radius 3 is 1.38 bits per heavy atom. The average molecular weight is 539 g/mol. The number of nitrogens with zero attached hydrogens (tertiary/aromatic N) is 2. The fraction of sp³-hybridized carbons (Fsp3) is 0.0500. The van der Waals surface area contributed by atoms with Gasteiger partial charge >= 0.3 is 0 Å². The van der Waals surface area contributed by atoms with Crippen LogP contribution >= 0.6 is 0 Å². The molecule has 0 heterocycles. The Hall–Kier alpha value is -5.34. The van der Waals surface area contributed by atoms with E-state index in [0.717, 1.165) is 22.7 Å². The van der Waals surface area contributed by atoms with Crippen LogP contribution in [-0.2, 0) is 0 Å². The SMILES string of the molecule is C1=CC2C=Cc3c(N(c4ccccc4)c4ccccc4)cc(N(c4ccccc4)c4ccccc4)c4c3C2C(=C1)C=C4. The first kappa shape index (κ1) is 24.5. The van der Waals surface area contributed by atoms with E-state index in [1.165, 1.54) is 33.6 Å². The zero-order chi connectivity index (χ0) is 27.9. The van der Waals surface area contributed by atoms with Gasteiger partial charge in [0, 0.05) is 45.7 Å². The summed E-state index contributed by atoms with van der Waals surface area (Å²) in [5.41, 5.74) is 12.3. The van der Waals surface area contributed by atoms with Crippen molar-refractivity contribution in [1.82, 2.24) is 0 Å². The molecule has 5 aromatic rings. The summed E-state index contributed by atoms with van der Waals surface area (Å²) in [6.07, 6.45) is 16.3. The molecule has 0 amide bonds. The number of benzene rings is 5. The van der Waals surface area contributed by atoms with Crippen LogP contribution in [0.5, 0.6) is 0 Å². The average Bonchev–Trinajstić information content (AvgIpc) is 3.07. The lowest BCUT2D eigenvalue weighted by Gasteiger charge is -2.40. The van der Waals surface area contributed by atoms with E-state index in [0.29, 0.717) is 5.92 Å². The lowest BCUT2D eigenvalue weighted by molar-refractivity contribution is 0.664. The molecule has 3 aliphatic rings. The molecule has 0 bridgehead atoms. The van der Waals surface area contributed by atoms with Gasteiger partial charge in [0.25, 0.3) is 0 Å². The maximum atomic E-state index is 2.42. The first-order chi connectivity index (χ1) is 20.9. The van der Waals surface area contributed by atoms with Crippen LogP contribution in [0.15, 0.2) is 163 Å². The van der Waals surface area contributed by atoms with Gasteiger partial charge in [-0.1, -0.05) is 115 Å². The largest absolute Gasteiger partial charge is 0.310 e. The monoisotopic (exact) mass is 538 g/mol. The number of anilines is 6. The van der Waals surface area contributed by atoms with Gasteiger partial charge in [-0.3, -0.25) is 0 Å². The number of hydrogen-bond donors (Lipinski definition) is 0. The van der Waals surface area contributed by atoms with Crippen molar-refractivity contribution in [3.8, 4) is 0 Å². The van der Waals surface area contributed by atoms with Gasteiger partial charge in [-0.2, -0.15) is 0 Å². The minimum absolute atomic E-state index is 0.287. The molecule has 5 aromatic carbocycles. The van der Waals surface area contributed by atoms with Crippen LogP contribution in [0, 0.1) is 5.92 Å². The van der Waals surface area contributed by atoms with Crippen molar-refractivity contribution in [3.05, 3.63) is 180 Å². The molecule has 0 radical (unpaired) electrons. The third kappa shape index (κ3) is 4.03. The van der Waals surface area contributed by atoms with Crippen molar-refractivity contribution in [1.29, 1.82) is 0 Å². The molecule has 2 unspecified atom stereocenters. The summed E-state index contributed by atoms with van der Waals surface area (Å²) in [6, 6.07) is 45.4. The summed E-state index contributed by atoms with van der Waals surface area (Å²) < 4.78 is 0. The lowest BCUT2D eigenvalue weighted by atomic mass is 9.68. The van der Waals surface area contributed by atoms with Gasteiger partial charge in [0.05, 0.1) is 11.4 Å². The quantitative estimate of drug-likeness (QED) is 0.212. The van der Waals surface area contributed by atoms with Crippen molar-refractivity contribution in [2.75, 3.05) is 9.80 Å². The second-order valence-electron chi connectivity index (χ2n) is 11.0. The smallest absolute Gasteiger partial charge is 0.0558 e. The van der Waals surface area contributed by atoms with Gasteiger partial charge in [0.1, 0.15) is 0 Å². The van der Waals surface area contributed by atoms with Gasteiger partial charge < -0.3 is 9.80 Å². The molecule has 2 atom stereocenters. The molecule has 3 aliphatic carbocycles. The van der Waals surface area contributed by atoms with Crippen molar-refractivity contribution < 1.29 is 0 Å². The van der Waals surface area contributed by atoms with Gasteiger partial charge in [0.2, 0.25) is 0 Å². The highest BCUT2D eigenvalue weighted by Gasteiger charge is 2.37. The summed E-state index contributed by atoms with van der Waals surface area (Å²) in [7, 11) is 0. The van der Waals surface area contributed by atoms with Crippen LogP contribution in [0.25, 0.3) is 12.2 Å². The molecule has 8 rings (SSSR count). The first-order valence-corrected chi connectivity index (χ1v) is 14.6.